The first kappa shape index (κ1) is 36.1. The van der Waals surface area contributed by atoms with E-state index in [1.165, 1.54) is 12.2 Å². The van der Waals surface area contributed by atoms with Crippen LogP contribution in [-0.4, -0.2) is 0 Å². The van der Waals surface area contributed by atoms with E-state index >= 15 is 0 Å². The minimum Gasteiger partial charge on any atom is -0.394 e. The van der Waals surface area contributed by atoms with Gasteiger partial charge < -0.3 is 32.7 Å². The van der Waals surface area contributed by atoms with Gasteiger partial charge in [0, 0.05) is 32.7 Å². The van der Waals surface area contributed by atoms with Crippen molar-refractivity contribution in [3.63, 3.8) is 0 Å². The molecule has 0 aromatic carbocycles. The van der Waals surface area contributed by atoms with Crippen molar-refractivity contribution in [2.75, 3.05) is 0 Å². The van der Waals surface area contributed by atoms with Crippen LogP contribution in [0.1, 0.15) is 41.5 Å². The summed E-state index contributed by atoms with van der Waals surface area (Å²) in [4.78, 5) is 0. The predicted molar refractivity (Wildman–Crippen MR) is 60.6 cm³/mol. The van der Waals surface area contributed by atoms with Crippen molar-refractivity contribution in [1.82, 2.24) is 0 Å². The largest absolute Gasteiger partial charge is 2.00 e. The van der Waals surface area contributed by atoms with Gasteiger partial charge in [-0.05, 0) is 5.41 Å². The van der Waals surface area contributed by atoms with Gasteiger partial charge in [0.25, 0.3) is 0 Å². The molecule has 0 aliphatic rings. The molecule has 1 radical (unpaired) electrons. The Morgan fingerprint density at radius 3 is 0.929 bits per heavy atom. The van der Waals surface area contributed by atoms with Crippen LogP contribution in [0.2, 0.25) is 0 Å². The molecule has 0 N–H and O–H groups in total. The second-order valence-electron chi connectivity index (χ2n) is 3.38. The van der Waals surface area contributed by atoms with Gasteiger partial charge in [-0.15, -0.1) is 0 Å². The minimum atomic E-state index is 0. The molecule has 0 atom stereocenters. The van der Waals surface area contributed by atoms with E-state index in [0.29, 0.717) is 5.41 Å². The van der Waals surface area contributed by atoms with E-state index in [4.69, 9.17) is 13.2 Å². The molecular weight excluding hydrogens is 471 g/mol. The van der Waals surface area contributed by atoms with E-state index in [1.807, 2.05) is 13.8 Å². The molecule has 14 heavy (non-hydrogen) atoms. The minimum absolute atomic E-state index is 0. The van der Waals surface area contributed by atoms with Crippen LogP contribution in [0.4, 0.5) is 0 Å². The van der Waals surface area contributed by atoms with Crippen LogP contribution < -0.4 is 0 Å². The Morgan fingerprint density at radius 1 is 0.857 bits per heavy atom. The maximum absolute atomic E-state index is 4.72. The molecule has 0 aromatic rings. The van der Waals surface area contributed by atoms with Gasteiger partial charge in [0.2, 0.25) is 0 Å². The van der Waals surface area contributed by atoms with Gasteiger partial charge in [-0.25, -0.2) is 0 Å². The number of hydrogen-bond donors (Lipinski definition) is 0. The molecule has 0 aliphatic carbocycles. The third-order valence-corrected chi connectivity index (χ3v) is 0.111. The van der Waals surface area contributed by atoms with Gasteiger partial charge in [-0.3, -0.25) is 0 Å². The van der Waals surface area contributed by atoms with Crippen LogP contribution in [0.5, 0.6) is 0 Å². The van der Waals surface area contributed by atoms with E-state index in [9.17, 15) is 0 Å². The summed E-state index contributed by atoms with van der Waals surface area (Å²) in [6.45, 7) is 22.2. The van der Waals surface area contributed by atoms with Crippen molar-refractivity contribution in [2.24, 2.45) is 5.41 Å². The molecule has 2 heteroatoms. The van der Waals surface area contributed by atoms with Crippen LogP contribution in [0.25, 0.3) is 0 Å². The summed E-state index contributed by atoms with van der Waals surface area (Å²) in [6, 6.07) is 0. The SMILES string of the molecule is CC.CC(C)(C)C.[CH-]=CC=[CH-].[CH3-].[U+2].[Y]. The average Bonchev–Trinajstić information content (AvgIpc) is 1.89. The summed E-state index contributed by atoms with van der Waals surface area (Å²) < 4.78 is 0. The predicted octanol–water partition coefficient (Wildman–Crippen LogP) is 4.49. The van der Waals surface area contributed by atoms with Gasteiger partial charge in [0.05, 0.1) is 0 Å². The van der Waals surface area contributed by atoms with Crippen molar-refractivity contribution in [1.29, 1.82) is 0 Å². The fourth-order valence-corrected chi connectivity index (χ4v) is 0. The topological polar surface area (TPSA) is 0 Å². The fourth-order valence-electron chi connectivity index (χ4n) is 0. The van der Waals surface area contributed by atoms with E-state index in [1.54, 1.807) is 0 Å². The molecule has 0 aromatic heterocycles. The van der Waals surface area contributed by atoms with Crippen LogP contribution >= 0.6 is 0 Å². The van der Waals surface area contributed by atoms with Gasteiger partial charge in [0.1, 0.15) is 0 Å². The van der Waals surface area contributed by atoms with Crippen LogP contribution in [-0.2, 0) is 32.7 Å². The van der Waals surface area contributed by atoms with Gasteiger partial charge >= 0.3 is 31.1 Å². The molecule has 0 spiro atoms. The Bertz CT molecular complexity index is 70.8. The molecule has 0 unspecified atom stereocenters. The summed E-state index contributed by atoms with van der Waals surface area (Å²) >= 11 is 0. The maximum Gasteiger partial charge on any atom is 2.00 e. The van der Waals surface area contributed by atoms with Gasteiger partial charge in [0.15, 0.2) is 0 Å². The molecule has 0 nitrogen and oxygen atoms in total. The van der Waals surface area contributed by atoms with Crippen molar-refractivity contribution in [3.05, 3.63) is 32.7 Å². The molecule has 0 saturated carbocycles. The third-order valence-electron chi connectivity index (χ3n) is 0.111. The van der Waals surface area contributed by atoms with E-state index in [0.717, 1.165) is 0 Å². The zero-order chi connectivity index (χ0) is 9.91. The standard InChI is InChI=1S/C5H12.C4H4.C2H6.CH3.U.Y/c1-5(2,3)4;1-3-4-2;1-2;;;/h1-4H3;1-4H;1-2H3;1H3;;/q;-2;;-1;+2;. The zero-order valence-electron chi connectivity index (χ0n) is 10.9. The second kappa shape index (κ2) is 29.3. The number of allylic oxidation sites excluding steroid dienone is 2. The molecule has 0 bridgehead atoms. The summed E-state index contributed by atoms with van der Waals surface area (Å²) in [5.74, 6) is 0. The first-order valence-corrected chi connectivity index (χ1v) is 4.00. The quantitative estimate of drug-likeness (QED) is 0.371. The Kier molecular flexibility index (Phi) is 75.5. The molecular formula is C12H25UY-. The summed E-state index contributed by atoms with van der Waals surface area (Å²) in [6.07, 6.45) is 2.56. The van der Waals surface area contributed by atoms with Gasteiger partial charge in [-0.2, -0.15) is 0 Å². The molecule has 0 aliphatic heterocycles. The molecule has 81 valence electrons. The first-order valence-electron chi connectivity index (χ1n) is 4.00. The van der Waals surface area contributed by atoms with Crippen LogP contribution in [0, 0.1) is 57.1 Å². The molecule has 0 amide bonds. The first-order chi connectivity index (χ1) is 4.91. The van der Waals surface area contributed by atoms with Crippen molar-refractivity contribution >= 4 is 0 Å². The third kappa shape index (κ3) is 313. The summed E-state index contributed by atoms with van der Waals surface area (Å²) in [5.41, 5.74) is 0.500. The van der Waals surface area contributed by atoms with Crippen molar-refractivity contribution in [3.8, 4) is 0 Å². The monoisotopic (exact) mass is 496 g/mol. The number of hydrogen-bond acceptors (Lipinski definition) is 0. The molecule has 0 saturated heterocycles. The van der Waals surface area contributed by atoms with Crippen molar-refractivity contribution in [2.45, 2.75) is 41.5 Å². The second-order valence-corrected chi connectivity index (χ2v) is 3.38. The Hall–Kier alpha value is 1.64. The summed E-state index contributed by atoms with van der Waals surface area (Å²) in [7, 11) is 0. The van der Waals surface area contributed by atoms with Crippen molar-refractivity contribution < 1.29 is 63.8 Å². The normalized spacial score (nSPS) is 6.14. The van der Waals surface area contributed by atoms with E-state index in [2.05, 4.69) is 27.7 Å². The molecule has 0 rings (SSSR count). The molecule has 0 heterocycles. The Morgan fingerprint density at radius 2 is 0.929 bits per heavy atom. The zero-order valence-corrected chi connectivity index (χ0v) is 17.9. The number of rotatable bonds is 1. The maximum atomic E-state index is 4.72. The smallest absolute Gasteiger partial charge is 0.394 e. The van der Waals surface area contributed by atoms with E-state index in [-0.39, 0.29) is 71.2 Å². The Labute approximate surface area is 142 Å². The Balaban J connectivity index is -0.0000000166. The molecule has 0 fully saturated rings. The fraction of sp³-hybridized carbons (Fsp3) is 0.583. The van der Waals surface area contributed by atoms with Crippen LogP contribution in [0.3, 0.4) is 0 Å². The van der Waals surface area contributed by atoms with E-state index < -0.39 is 0 Å². The summed E-state index contributed by atoms with van der Waals surface area (Å²) in [5, 5.41) is 0. The van der Waals surface area contributed by atoms with Crippen LogP contribution in [0.15, 0.2) is 12.2 Å². The average molecular weight is 496 g/mol. The van der Waals surface area contributed by atoms with Gasteiger partial charge in [-0.1, -0.05) is 41.5 Å².